The van der Waals surface area contributed by atoms with E-state index >= 15 is 0 Å². The highest BCUT2D eigenvalue weighted by molar-refractivity contribution is 5.76. The highest BCUT2D eigenvalue weighted by Gasteiger charge is 2.18. The highest BCUT2D eigenvalue weighted by Crippen LogP contribution is 2.33. The van der Waals surface area contributed by atoms with Gasteiger partial charge in [0.2, 0.25) is 5.88 Å². The Kier molecular flexibility index (Phi) is 3.36. The van der Waals surface area contributed by atoms with Crippen molar-refractivity contribution in [3.63, 3.8) is 0 Å². The SMILES string of the molecule is COc1nccc(-c2cccc3c2CCNC3)c1C#N. The van der Waals surface area contributed by atoms with Gasteiger partial charge in [0, 0.05) is 18.3 Å². The van der Waals surface area contributed by atoms with Crippen LogP contribution in [-0.4, -0.2) is 18.6 Å². The summed E-state index contributed by atoms with van der Waals surface area (Å²) in [4.78, 5) is 4.11. The normalized spacial score (nSPS) is 13.4. The summed E-state index contributed by atoms with van der Waals surface area (Å²) in [6.07, 6.45) is 2.66. The van der Waals surface area contributed by atoms with Gasteiger partial charge in [-0.1, -0.05) is 18.2 Å². The largest absolute Gasteiger partial charge is 0.480 e. The average Bonchev–Trinajstić information content (AvgIpc) is 2.53. The third kappa shape index (κ3) is 2.02. The Bertz CT molecular complexity index is 689. The fourth-order valence-electron chi connectivity index (χ4n) is 2.71. The third-order valence-electron chi connectivity index (χ3n) is 3.65. The van der Waals surface area contributed by atoms with Gasteiger partial charge in [-0.15, -0.1) is 0 Å². The molecule has 0 saturated carbocycles. The number of hydrogen-bond donors (Lipinski definition) is 1. The zero-order valence-corrected chi connectivity index (χ0v) is 11.3. The van der Waals surface area contributed by atoms with Crippen LogP contribution in [0.4, 0.5) is 0 Å². The maximum atomic E-state index is 9.41. The van der Waals surface area contributed by atoms with E-state index in [2.05, 4.69) is 28.5 Å². The van der Waals surface area contributed by atoms with Crippen LogP contribution in [0.2, 0.25) is 0 Å². The first-order chi connectivity index (χ1) is 9.85. The summed E-state index contributed by atoms with van der Waals surface area (Å²) < 4.78 is 5.20. The van der Waals surface area contributed by atoms with E-state index < -0.39 is 0 Å². The van der Waals surface area contributed by atoms with Crippen molar-refractivity contribution in [1.82, 2.24) is 10.3 Å². The van der Waals surface area contributed by atoms with Crippen LogP contribution in [0.5, 0.6) is 5.88 Å². The molecule has 0 unspecified atom stereocenters. The molecule has 0 fully saturated rings. The molecule has 1 aromatic carbocycles. The van der Waals surface area contributed by atoms with Crippen LogP contribution >= 0.6 is 0 Å². The van der Waals surface area contributed by atoms with Crippen LogP contribution in [0, 0.1) is 11.3 Å². The van der Waals surface area contributed by atoms with Gasteiger partial charge in [0.05, 0.1) is 7.11 Å². The van der Waals surface area contributed by atoms with E-state index in [0.717, 1.165) is 30.6 Å². The molecule has 1 N–H and O–H groups in total. The molecule has 20 heavy (non-hydrogen) atoms. The highest BCUT2D eigenvalue weighted by atomic mass is 16.5. The van der Waals surface area contributed by atoms with E-state index in [4.69, 9.17) is 4.74 Å². The monoisotopic (exact) mass is 265 g/mol. The predicted octanol–water partition coefficient (Wildman–Crippen LogP) is 2.27. The third-order valence-corrected chi connectivity index (χ3v) is 3.65. The van der Waals surface area contributed by atoms with Crippen LogP contribution in [0.1, 0.15) is 16.7 Å². The number of nitriles is 1. The number of rotatable bonds is 2. The Hall–Kier alpha value is -2.38. The molecule has 0 atom stereocenters. The molecular weight excluding hydrogens is 250 g/mol. The lowest BCUT2D eigenvalue weighted by Gasteiger charge is -2.21. The van der Waals surface area contributed by atoms with Crippen molar-refractivity contribution in [2.75, 3.05) is 13.7 Å². The lowest BCUT2D eigenvalue weighted by Crippen LogP contribution is -2.24. The van der Waals surface area contributed by atoms with Gasteiger partial charge in [0.25, 0.3) is 0 Å². The van der Waals surface area contributed by atoms with Crippen molar-refractivity contribution in [2.45, 2.75) is 13.0 Å². The van der Waals surface area contributed by atoms with Crippen molar-refractivity contribution < 1.29 is 4.74 Å². The second-order valence-corrected chi connectivity index (χ2v) is 4.72. The van der Waals surface area contributed by atoms with E-state index in [1.54, 1.807) is 6.20 Å². The first-order valence-electron chi connectivity index (χ1n) is 6.60. The van der Waals surface area contributed by atoms with Crippen LogP contribution in [0.15, 0.2) is 30.5 Å². The van der Waals surface area contributed by atoms with Crippen LogP contribution < -0.4 is 10.1 Å². The fraction of sp³-hybridized carbons (Fsp3) is 0.250. The number of nitrogens with zero attached hydrogens (tertiary/aromatic N) is 2. The van der Waals surface area contributed by atoms with Gasteiger partial charge in [-0.3, -0.25) is 0 Å². The zero-order chi connectivity index (χ0) is 13.9. The van der Waals surface area contributed by atoms with Gasteiger partial charge in [0.15, 0.2) is 0 Å². The molecule has 0 saturated heterocycles. The number of benzene rings is 1. The molecule has 0 radical (unpaired) electrons. The van der Waals surface area contributed by atoms with Gasteiger partial charge in [-0.05, 0) is 35.7 Å². The minimum Gasteiger partial charge on any atom is -0.480 e. The number of ether oxygens (including phenoxy) is 1. The van der Waals surface area contributed by atoms with Crippen molar-refractivity contribution in [2.24, 2.45) is 0 Å². The molecule has 4 heteroatoms. The minimum atomic E-state index is 0.386. The molecule has 0 bridgehead atoms. The van der Waals surface area contributed by atoms with Crippen LogP contribution in [-0.2, 0) is 13.0 Å². The molecule has 4 nitrogen and oxygen atoms in total. The zero-order valence-electron chi connectivity index (χ0n) is 11.3. The lowest BCUT2D eigenvalue weighted by atomic mass is 9.90. The smallest absolute Gasteiger partial charge is 0.232 e. The second kappa shape index (κ2) is 5.32. The Morgan fingerprint density at radius 3 is 3.00 bits per heavy atom. The van der Waals surface area contributed by atoms with E-state index in [1.165, 1.54) is 18.2 Å². The second-order valence-electron chi connectivity index (χ2n) is 4.72. The van der Waals surface area contributed by atoms with Gasteiger partial charge in [-0.2, -0.15) is 5.26 Å². The molecule has 0 amide bonds. The lowest BCUT2D eigenvalue weighted by molar-refractivity contribution is 0.396. The van der Waals surface area contributed by atoms with Gasteiger partial charge in [0.1, 0.15) is 11.6 Å². The number of fused-ring (bicyclic) bond motifs is 1. The molecule has 1 aliphatic heterocycles. The molecule has 2 heterocycles. The Morgan fingerprint density at radius 1 is 1.30 bits per heavy atom. The molecule has 0 aliphatic carbocycles. The van der Waals surface area contributed by atoms with E-state index in [0.29, 0.717) is 11.4 Å². The number of hydrogen-bond acceptors (Lipinski definition) is 4. The Labute approximate surface area is 118 Å². The Balaban J connectivity index is 2.22. The van der Waals surface area contributed by atoms with E-state index in [1.807, 2.05) is 12.1 Å². The summed E-state index contributed by atoms with van der Waals surface area (Å²) in [6, 6.07) is 10.3. The summed E-state index contributed by atoms with van der Waals surface area (Å²) in [6.45, 7) is 1.85. The molecule has 100 valence electrons. The summed E-state index contributed by atoms with van der Waals surface area (Å²) in [7, 11) is 1.54. The molecule has 3 rings (SSSR count). The maximum absolute atomic E-state index is 9.41. The number of aromatic nitrogens is 1. The summed E-state index contributed by atoms with van der Waals surface area (Å²) >= 11 is 0. The first kappa shape index (κ1) is 12.6. The van der Waals surface area contributed by atoms with Gasteiger partial charge in [-0.25, -0.2) is 4.98 Å². The van der Waals surface area contributed by atoms with Crippen molar-refractivity contribution in [1.29, 1.82) is 5.26 Å². The molecule has 1 aromatic heterocycles. The van der Waals surface area contributed by atoms with E-state index in [9.17, 15) is 5.26 Å². The molecule has 1 aliphatic rings. The van der Waals surface area contributed by atoms with Crippen molar-refractivity contribution in [3.8, 4) is 23.1 Å². The molecule has 0 spiro atoms. The maximum Gasteiger partial charge on any atom is 0.232 e. The average molecular weight is 265 g/mol. The molecule has 2 aromatic rings. The van der Waals surface area contributed by atoms with Crippen molar-refractivity contribution in [3.05, 3.63) is 47.2 Å². The van der Waals surface area contributed by atoms with Gasteiger partial charge < -0.3 is 10.1 Å². The minimum absolute atomic E-state index is 0.386. The Morgan fingerprint density at radius 2 is 2.20 bits per heavy atom. The fourth-order valence-corrected chi connectivity index (χ4v) is 2.71. The first-order valence-corrected chi connectivity index (χ1v) is 6.60. The number of pyridine rings is 1. The number of methoxy groups -OCH3 is 1. The standard InChI is InChI=1S/C16H15N3O/c1-20-16-15(9-17)14(6-8-19-16)13-4-2-3-11-10-18-7-5-12(11)13/h2-4,6,8,18H,5,7,10H2,1H3. The van der Waals surface area contributed by atoms with Crippen molar-refractivity contribution >= 4 is 0 Å². The van der Waals surface area contributed by atoms with Crippen LogP contribution in [0.25, 0.3) is 11.1 Å². The summed E-state index contributed by atoms with van der Waals surface area (Å²) in [5.41, 5.74) is 5.13. The quantitative estimate of drug-likeness (QED) is 0.905. The summed E-state index contributed by atoms with van der Waals surface area (Å²) in [5.74, 6) is 0.386. The van der Waals surface area contributed by atoms with E-state index in [-0.39, 0.29) is 0 Å². The predicted molar refractivity (Wildman–Crippen MR) is 76.4 cm³/mol. The molecular formula is C16H15N3O. The number of nitrogens with one attached hydrogen (secondary N) is 1. The summed E-state index contributed by atoms with van der Waals surface area (Å²) in [5, 5.41) is 12.8. The van der Waals surface area contributed by atoms with Gasteiger partial charge >= 0.3 is 0 Å². The topological polar surface area (TPSA) is 57.9 Å². The van der Waals surface area contributed by atoms with Crippen LogP contribution in [0.3, 0.4) is 0 Å².